The molecular formula is C16H22FN3O2. The first-order chi connectivity index (χ1) is 10.5. The summed E-state index contributed by atoms with van der Waals surface area (Å²) in [5, 5.41) is 2.75. The number of nitrogens with two attached hydrogens (primary N) is 1. The Hall–Kier alpha value is -1.95. The maximum Gasteiger partial charge on any atom is 0.256 e. The fourth-order valence-corrected chi connectivity index (χ4v) is 2.70. The maximum atomic E-state index is 14.1. The Morgan fingerprint density at radius 1 is 1.45 bits per heavy atom. The number of carbonyl (C=O) groups excluding carboxylic acids is 2. The van der Waals surface area contributed by atoms with Crippen LogP contribution in [0.15, 0.2) is 18.2 Å². The van der Waals surface area contributed by atoms with Crippen molar-refractivity contribution in [3.8, 4) is 0 Å². The number of piperidine rings is 1. The minimum atomic E-state index is -0.484. The van der Waals surface area contributed by atoms with Gasteiger partial charge in [0.25, 0.3) is 5.91 Å². The number of hydrogen-bond acceptors (Lipinski definition) is 3. The summed E-state index contributed by atoms with van der Waals surface area (Å²) in [6.07, 6.45) is 1.47. The van der Waals surface area contributed by atoms with Crippen LogP contribution in [0.2, 0.25) is 0 Å². The third-order valence-electron chi connectivity index (χ3n) is 3.95. The second-order valence-corrected chi connectivity index (χ2v) is 5.61. The van der Waals surface area contributed by atoms with Gasteiger partial charge in [-0.2, -0.15) is 0 Å². The van der Waals surface area contributed by atoms with E-state index in [2.05, 4.69) is 5.32 Å². The maximum absolute atomic E-state index is 14.1. The first kappa shape index (κ1) is 16.4. The van der Waals surface area contributed by atoms with Crippen LogP contribution in [0.3, 0.4) is 0 Å². The van der Waals surface area contributed by atoms with Crippen LogP contribution in [-0.2, 0) is 4.79 Å². The van der Waals surface area contributed by atoms with E-state index in [1.165, 1.54) is 6.07 Å². The van der Waals surface area contributed by atoms with Crippen LogP contribution >= 0.6 is 0 Å². The topological polar surface area (TPSA) is 75.4 Å². The number of nitrogens with zero attached hydrogens (tertiary/aromatic N) is 1. The fraction of sp³-hybridized carbons (Fsp3) is 0.500. The van der Waals surface area contributed by atoms with E-state index in [1.807, 2.05) is 0 Å². The number of likely N-dealkylation sites (tertiary alicyclic amines) is 1. The quantitative estimate of drug-likeness (QED) is 0.873. The normalized spacial score (nSPS) is 18.1. The third kappa shape index (κ3) is 3.62. The number of rotatable bonds is 4. The second-order valence-electron chi connectivity index (χ2n) is 5.61. The van der Waals surface area contributed by atoms with Crippen LogP contribution in [0.1, 0.15) is 28.8 Å². The Kier molecular flexibility index (Phi) is 5.49. The average molecular weight is 307 g/mol. The zero-order valence-corrected chi connectivity index (χ0v) is 12.8. The lowest BCUT2D eigenvalue weighted by Crippen LogP contribution is -2.46. The van der Waals surface area contributed by atoms with Gasteiger partial charge in [0.1, 0.15) is 5.82 Å². The Balaban J connectivity index is 2.07. The molecule has 6 heteroatoms. The van der Waals surface area contributed by atoms with E-state index in [0.717, 1.165) is 12.8 Å². The van der Waals surface area contributed by atoms with Crippen molar-refractivity contribution in [1.29, 1.82) is 0 Å². The van der Waals surface area contributed by atoms with Gasteiger partial charge in [0, 0.05) is 26.2 Å². The molecule has 1 unspecified atom stereocenters. The van der Waals surface area contributed by atoms with E-state index in [1.54, 1.807) is 24.0 Å². The van der Waals surface area contributed by atoms with E-state index >= 15 is 0 Å². The second kappa shape index (κ2) is 7.35. The summed E-state index contributed by atoms with van der Waals surface area (Å²) in [6, 6.07) is 4.79. The highest BCUT2D eigenvalue weighted by Gasteiger charge is 2.29. The lowest BCUT2D eigenvalue weighted by molar-refractivity contribution is -0.126. The van der Waals surface area contributed by atoms with Gasteiger partial charge in [-0.25, -0.2) is 4.39 Å². The molecular weight excluding hydrogens is 285 g/mol. The van der Waals surface area contributed by atoms with E-state index < -0.39 is 5.82 Å². The number of carbonyl (C=O) groups is 2. The van der Waals surface area contributed by atoms with E-state index in [9.17, 15) is 14.0 Å². The Labute approximate surface area is 129 Å². The summed E-state index contributed by atoms with van der Waals surface area (Å²) in [5.74, 6) is -1.18. The molecule has 1 aliphatic rings. The third-order valence-corrected chi connectivity index (χ3v) is 3.95. The SMILES string of the molecule is Cc1cccc(C(=O)N2CCCC(C(=O)NCCN)C2)c1F. The molecule has 22 heavy (non-hydrogen) atoms. The molecule has 0 spiro atoms. The summed E-state index contributed by atoms with van der Waals surface area (Å²) in [4.78, 5) is 26.1. The Morgan fingerprint density at radius 2 is 2.23 bits per heavy atom. The zero-order chi connectivity index (χ0) is 16.1. The Bertz CT molecular complexity index is 562. The molecule has 0 bridgehead atoms. The van der Waals surface area contributed by atoms with Gasteiger partial charge < -0.3 is 16.0 Å². The largest absolute Gasteiger partial charge is 0.355 e. The van der Waals surface area contributed by atoms with Gasteiger partial charge >= 0.3 is 0 Å². The minimum Gasteiger partial charge on any atom is -0.355 e. The van der Waals surface area contributed by atoms with E-state index in [-0.39, 0.29) is 23.3 Å². The highest BCUT2D eigenvalue weighted by molar-refractivity contribution is 5.95. The summed E-state index contributed by atoms with van der Waals surface area (Å²) in [5.41, 5.74) is 5.88. The smallest absolute Gasteiger partial charge is 0.256 e. The molecule has 1 aromatic rings. The van der Waals surface area contributed by atoms with Gasteiger partial charge in [0.2, 0.25) is 5.91 Å². The molecule has 5 nitrogen and oxygen atoms in total. The van der Waals surface area contributed by atoms with Crippen molar-refractivity contribution in [2.75, 3.05) is 26.2 Å². The van der Waals surface area contributed by atoms with Crippen LogP contribution in [-0.4, -0.2) is 42.9 Å². The molecule has 0 aliphatic carbocycles. The standard InChI is InChI=1S/C16H22FN3O2/c1-11-4-2-6-13(14(11)17)16(22)20-9-3-5-12(10-20)15(21)19-8-7-18/h2,4,6,12H,3,5,7-10,18H2,1H3,(H,19,21). The molecule has 2 amide bonds. The van der Waals surface area contributed by atoms with Crippen LogP contribution in [0.5, 0.6) is 0 Å². The monoisotopic (exact) mass is 307 g/mol. The molecule has 1 aromatic carbocycles. The zero-order valence-electron chi connectivity index (χ0n) is 12.8. The summed E-state index contributed by atoms with van der Waals surface area (Å²) >= 11 is 0. The number of amides is 2. The van der Waals surface area contributed by atoms with Gasteiger partial charge in [-0.15, -0.1) is 0 Å². The number of nitrogens with one attached hydrogen (secondary N) is 1. The predicted molar refractivity (Wildman–Crippen MR) is 81.8 cm³/mol. The number of halogens is 1. The van der Waals surface area contributed by atoms with Crippen molar-refractivity contribution in [3.05, 3.63) is 35.1 Å². The number of hydrogen-bond donors (Lipinski definition) is 2. The first-order valence-electron chi connectivity index (χ1n) is 7.56. The fourth-order valence-electron chi connectivity index (χ4n) is 2.70. The predicted octanol–water partition coefficient (Wildman–Crippen LogP) is 1.06. The van der Waals surface area contributed by atoms with Crippen LogP contribution in [0, 0.1) is 18.7 Å². The van der Waals surface area contributed by atoms with Gasteiger partial charge in [-0.3, -0.25) is 9.59 Å². The lowest BCUT2D eigenvalue weighted by atomic mass is 9.96. The van der Waals surface area contributed by atoms with Crippen LogP contribution < -0.4 is 11.1 Å². The molecule has 1 aliphatic heterocycles. The molecule has 0 saturated carbocycles. The van der Waals surface area contributed by atoms with Crippen molar-refractivity contribution in [3.63, 3.8) is 0 Å². The molecule has 120 valence electrons. The van der Waals surface area contributed by atoms with E-state index in [0.29, 0.717) is 31.7 Å². The van der Waals surface area contributed by atoms with Gasteiger partial charge in [0.05, 0.1) is 11.5 Å². The summed E-state index contributed by atoms with van der Waals surface area (Å²) < 4.78 is 14.1. The first-order valence-corrected chi connectivity index (χ1v) is 7.56. The van der Waals surface area contributed by atoms with Crippen LogP contribution in [0.4, 0.5) is 4.39 Å². The van der Waals surface area contributed by atoms with Crippen molar-refractivity contribution in [1.82, 2.24) is 10.2 Å². The van der Waals surface area contributed by atoms with E-state index in [4.69, 9.17) is 5.73 Å². The molecule has 2 rings (SSSR count). The lowest BCUT2D eigenvalue weighted by Gasteiger charge is -2.32. The number of benzene rings is 1. The summed E-state index contributed by atoms with van der Waals surface area (Å²) in [6.45, 7) is 3.31. The van der Waals surface area contributed by atoms with Gasteiger partial charge in [-0.1, -0.05) is 12.1 Å². The van der Waals surface area contributed by atoms with Gasteiger partial charge in [0.15, 0.2) is 0 Å². The molecule has 1 heterocycles. The molecule has 3 N–H and O–H groups in total. The molecule has 1 fully saturated rings. The molecule has 0 aromatic heterocycles. The van der Waals surface area contributed by atoms with Crippen LogP contribution in [0.25, 0.3) is 0 Å². The Morgan fingerprint density at radius 3 is 2.95 bits per heavy atom. The van der Waals surface area contributed by atoms with Crippen molar-refractivity contribution in [2.24, 2.45) is 11.7 Å². The highest BCUT2D eigenvalue weighted by Crippen LogP contribution is 2.21. The van der Waals surface area contributed by atoms with Gasteiger partial charge in [-0.05, 0) is 31.4 Å². The molecule has 0 radical (unpaired) electrons. The molecule has 1 atom stereocenters. The minimum absolute atomic E-state index is 0.0722. The highest BCUT2D eigenvalue weighted by atomic mass is 19.1. The number of aryl methyl sites for hydroxylation is 1. The molecule has 1 saturated heterocycles. The van der Waals surface area contributed by atoms with Crippen molar-refractivity contribution in [2.45, 2.75) is 19.8 Å². The average Bonchev–Trinajstić information content (AvgIpc) is 2.54. The van der Waals surface area contributed by atoms with Crippen molar-refractivity contribution >= 4 is 11.8 Å². The van der Waals surface area contributed by atoms with Crippen molar-refractivity contribution < 1.29 is 14.0 Å². The summed E-state index contributed by atoms with van der Waals surface area (Å²) in [7, 11) is 0.